The van der Waals surface area contributed by atoms with Crippen LogP contribution in [-0.4, -0.2) is 30.5 Å². The Hall–Kier alpha value is -3.41. The first-order chi connectivity index (χ1) is 15.2. The van der Waals surface area contributed by atoms with Gasteiger partial charge in [-0.3, -0.25) is 0 Å². The summed E-state index contributed by atoms with van der Waals surface area (Å²) in [4.78, 5) is 4.83. The number of phenols is 1. The maximum absolute atomic E-state index is 9.97. The largest absolute Gasteiger partial charge is 0.504 e. The van der Waals surface area contributed by atoms with Gasteiger partial charge in [0.15, 0.2) is 23.0 Å². The van der Waals surface area contributed by atoms with E-state index in [2.05, 4.69) is 12.2 Å². The topological polar surface area (TPSA) is 72.8 Å². The molecule has 3 aromatic rings. The van der Waals surface area contributed by atoms with Gasteiger partial charge in [0.05, 0.1) is 12.8 Å². The first kappa shape index (κ1) is 20.8. The summed E-state index contributed by atoms with van der Waals surface area (Å²) in [5, 5.41) is 13.4. The lowest BCUT2D eigenvalue weighted by Gasteiger charge is -2.13. The van der Waals surface area contributed by atoms with Gasteiger partial charge >= 0.3 is 0 Å². The Labute approximate surface area is 182 Å². The number of para-hydroxylation sites is 1. The normalized spacial score (nSPS) is 12.1. The number of nitrogens with zero attached hydrogens (tertiary/aromatic N) is 1. The van der Waals surface area contributed by atoms with Crippen LogP contribution >= 0.6 is 0 Å². The second-order valence-corrected chi connectivity index (χ2v) is 7.54. The predicted molar refractivity (Wildman–Crippen MR) is 122 cm³/mol. The van der Waals surface area contributed by atoms with Crippen molar-refractivity contribution in [3.63, 3.8) is 0 Å². The third-order valence-corrected chi connectivity index (χ3v) is 5.34. The molecule has 4 rings (SSSR count). The van der Waals surface area contributed by atoms with Gasteiger partial charge in [-0.1, -0.05) is 38.3 Å². The molecule has 2 N–H and O–H groups in total. The molecule has 0 fully saturated rings. The molecule has 1 aliphatic heterocycles. The number of benzene rings is 2. The molecule has 0 saturated heterocycles. The summed E-state index contributed by atoms with van der Waals surface area (Å²) < 4.78 is 16.6. The lowest BCUT2D eigenvalue weighted by atomic mass is 10.0. The SMILES string of the molecule is CCCCCCNc1cc(-c2cccc3c2OCO3)cc(-c2ccc(O)c(OC)c2)n1. The third kappa shape index (κ3) is 4.68. The van der Waals surface area contributed by atoms with Crippen molar-refractivity contribution in [2.45, 2.75) is 32.6 Å². The summed E-state index contributed by atoms with van der Waals surface area (Å²) in [6.07, 6.45) is 4.74. The highest BCUT2D eigenvalue weighted by Crippen LogP contribution is 2.42. The Balaban J connectivity index is 1.72. The number of unbranched alkanes of at least 4 members (excludes halogenated alkanes) is 3. The molecule has 2 aromatic carbocycles. The standard InChI is InChI=1S/C25H28N2O4/c1-3-4-5-6-12-26-24-15-18(19-8-7-9-22-25(19)31-16-30-22)13-20(27-24)17-10-11-21(28)23(14-17)29-2/h7-11,13-15,28H,3-6,12,16H2,1-2H3,(H,26,27). The molecule has 0 bridgehead atoms. The van der Waals surface area contributed by atoms with E-state index in [9.17, 15) is 5.11 Å². The molecule has 0 atom stereocenters. The van der Waals surface area contributed by atoms with Gasteiger partial charge in [-0.25, -0.2) is 4.98 Å². The van der Waals surface area contributed by atoms with Crippen LogP contribution in [0.25, 0.3) is 22.4 Å². The van der Waals surface area contributed by atoms with E-state index in [-0.39, 0.29) is 12.5 Å². The first-order valence-corrected chi connectivity index (χ1v) is 10.7. The van der Waals surface area contributed by atoms with Gasteiger partial charge < -0.3 is 24.6 Å². The van der Waals surface area contributed by atoms with Crippen LogP contribution in [-0.2, 0) is 0 Å². The van der Waals surface area contributed by atoms with Gasteiger partial charge in [0.1, 0.15) is 5.82 Å². The van der Waals surface area contributed by atoms with E-state index >= 15 is 0 Å². The smallest absolute Gasteiger partial charge is 0.231 e. The van der Waals surface area contributed by atoms with Crippen LogP contribution in [0.1, 0.15) is 32.6 Å². The van der Waals surface area contributed by atoms with Gasteiger partial charge in [-0.15, -0.1) is 0 Å². The number of hydrogen-bond donors (Lipinski definition) is 2. The number of fused-ring (bicyclic) bond motifs is 1. The van der Waals surface area contributed by atoms with Gasteiger partial charge in [-0.2, -0.15) is 0 Å². The number of hydrogen-bond acceptors (Lipinski definition) is 6. The number of aromatic nitrogens is 1. The van der Waals surface area contributed by atoms with Crippen molar-refractivity contribution in [3.05, 3.63) is 48.5 Å². The Morgan fingerprint density at radius 2 is 1.94 bits per heavy atom. The van der Waals surface area contributed by atoms with E-state index in [0.717, 1.165) is 52.7 Å². The molecule has 6 nitrogen and oxygen atoms in total. The first-order valence-electron chi connectivity index (χ1n) is 10.7. The number of aromatic hydroxyl groups is 1. The Morgan fingerprint density at radius 1 is 1.03 bits per heavy atom. The average Bonchev–Trinajstić information content (AvgIpc) is 3.28. The van der Waals surface area contributed by atoms with Crippen molar-refractivity contribution >= 4 is 5.82 Å². The Kier molecular flexibility index (Phi) is 6.46. The van der Waals surface area contributed by atoms with Crippen LogP contribution < -0.4 is 19.5 Å². The fourth-order valence-corrected chi connectivity index (χ4v) is 3.69. The van der Waals surface area contributed by atoms with Crippen LogP contribution in [0, 0.1) is 0 Å². The summed E-state index contributed by atoms with van der Waals surface area (Å²) in [6.45, 7) is 3.30. The minimum absolute atomic E-state index is 0.100. The lowest BCUT2D eigenvalue weighted by Crippen LogP contribution is -2.04. The second-order valence-electron chi connectivity index (χ2n) is 7.54. The minimum atomic E-state index is 0.100. The fraction of sp³-hybridized carbons (Fsp3) is 0.320. The molecule has 2 heterocycles. The van der Waals surface area contributed by atoms with Crippen LogP contribution in [0.2, 0.25) is 0 Å². The molecule has 0 radical (unpaired) electrons. The van der Waals surface area contributed by atoms with Crippen molar-refractivity contribution in [2.24, 2.45) is 0 Å². The fourth-order valence-electron chi connectivity index (χ4n) is 3.69. The number of pyridine rings is 1. The number of ether oxygens (including phenoxy) is 3. The summed E-state index contributed by atoms with van der Waals surface area (Å²) in [6, 6.07) is 15.2. The zero-order valence-corrected chi connectivity index (χ0v) is 18.0. The summed E-state index contributed by atoms with van der Waals surface area (Å²) in [7, 11) is 1.54. The van der Waals surface area contributed by atoms with E-state index in [1.165, 1.54) is 26.4 Å². The van der Waals surface area contributed by atoms with Gasteiger partial charge in [-0.05, 0) is 48.4 Å². The van der Waals surface area contributed by atoms with E-state index in [0.29, 0.717) is 5.75 Å². The van der Waals surface area contributed by atoms with Crippen LogP contribution in [0.3, 0.4) is 0 Å². The molecule has 0 amide bonds. The number of nitrogens with one attached hydrogen (secondary N) is 1. The molecular formula is C25H28N2O4. The van der Waals surface area contributed by atoms with Crippen molar-refractivity contribution < 1.29 is 19.3 Å². The average molecular weight is 421 g/mol. The number of methoxy groups -OCH3 is 1. The molecular weight excluding hydrogens is 392 g/mol. The minimum Gasteiger partial charge on any atom is -0.504 e. The molecule has 1 aliphatic rings. The Bertz CT molecular complexity index is 1050. The lowest BCUT2D eigenvalue weighted by molar-refractivity contribution is 0.174. The molecule has 1 aromatic heterocycles. The zero-order chi connectivity index (χ0) is 21.6. The highest BCUT2D eigenvalue weighted by Gasteiger charge is 2.19. The van der Waals surface area contributed by atoms with E-state index in [1.54, 1.807) is 12.1 Å². The van der Waals surface area contributed by atoms with Gasteiger partial charge in [0.2, 0.25) is 6.79 Å². The monoisotopic (exact) mass is 420 g/mol. The molecule has 6 heteroatoms. The maximum atomic E-state index is 9.97. The zero-order valence-electron chi connectivity index (χ0n) is 18.0. The summed E-state index contributed by atoms with van der Waals surface area (Å²) in [5.74, 6) is 2.81. The van der Waals surface area contributed by atoms with E-state index in [1.807, 2.05) is 36.4 Å². The molecule has 0 aliphatic carbocycles. The van der Waals surface area contributed by atoms with Crippen molar-refractivity contribution in [2.75, 3.05) is 25.8 Å². The van der Waals surface area contributed by atoms with Crippen molar-refractivity contribution in [1.82, 2.24) is 4.98 Å². The molecule has 0 spiro atoms. The third-order valence-electron chi connectivity index (χ3n) is 5.34. The van der Waals surface area contributed by atoms with Crippen molar-refractivity contribution in [1.29, 1.82) is 0 Å². The summed E-state index contributed by atoms with van der Waals surface area (Å²) >= 11 is 0. The number of anilines is 1. The second kappa shape index (κ2) is 9.60. The summed E-state index contributed by atoms with van der Waals surface area (Å²) in [5.41, 5.74) is 3.58. The van der Waals surface area contributed by atoms with Crippen LogP contribution in [0.4, 0.5) is 5.82 Å². The van der Waals surface area contributed by atoms with Crippen LogP contribution in [0.5, 0.6) is 23.0 Å². The number of rotatable bonds is 9. The molecule has 0 saturated carbocycles. The van der Waals surface area contributed by atoms with Crippen LogP contribution in [0.15, 0.2) is 48.5 Å². The van der Waals surface area contributed by atoms with Gasteiger partial charge in [0, 0.05) is 17.7 Å². The maximum Gasteiger partial charge on any atom is 0.231 e. The molecule has 31 heavy (non-hydrogen) atoms. The highest BCUT2D eigenvalue weighted by molar-refractivity contribution is 5.80. The quantitative estimate of drug-likeness (QED) is 0.423. The van der Waals surface area contributed by atoms with E-state index < -0.39 is 0 Å². The Morgan fingerprint density at radius 3 is 2.77 bits per heavy atom. The van der Waals surface area contributed by atoms with Gasteiger partial charge in [0.25, 0.3) is 0 Å². The van der Waals surface area contributed by atoms with E-state index in [4.69, 9.17) is 19.2 Å². The molecule has 0 unspecified atom stereocenters. The predicted octanol–water partition coefficient (Wildman–Crippen LogP) is 5.85. The highest BCUT2D eigenvalue weighted by atomic mass is 16.7. The van der Waals surface area contributed by atoms with Crippen molar-refractivity contribution in [3.8, 4) is 45.4 Å². The number of phenolic OH excluding ortho intramolecular Hbond substituents is 1. The molecule has 162 valence electrons.